The molecule has 1 nitrogen and oxygen atoms in total. The largest absolute Gasteiger partial charge is 0.468 e. The highest BCUT2D eigenvalue weighted by molar-refractivity contribution is 7.99. The molecule has 0 saturated heterocycles. The smallest absolute Gasteiger partial charge is 0.114 e. The van der Waals surface area contributed by atoms with Crippen LogP contribution in [0.15, 0.2) is 21.6 Å². The molecule has 62 valence electrons. The minimum absolute atomic E-state index is 0.745. The molecule has 1 aromatic heterocycles. The molecule has 0 bridgehead atoms. The monoisotopic (exact) mass is 170 g/mol. The van der Waals surface area contributed by atoms with Gasteiger partial charge in [-0.3, -0.25) is 0 Å². The van der Waals surface area contributed by atoms with Crippen LogP contribution in [0.5, 0.6) is 0 Å². The van der Waals surface area contributed by atoms with Gasteiger partial charge in [-0.1, -0.05) is 13.8 Å². The lowest BCUT2D eigenvalue weighted by Gasteiger charge is -2.01. The van der Waals surface area contributed by atoms with Crippen LogP contribution in [-0.4, -0.2) is 5.75 Å². The average molecular weight is 170 g/mol. The zero-order valence-electron chi connectivity index (χ0n) is 7.26. The quantitative estimate of drug-likeness (QED) is 0.645. The van der Waals surface area contributed by atoms with E-state index in [1.165, 1.54) is 10.6 Å². The predicted octanol–water partition coefficient (Wildman–Crippen LogP) is 3.34. The van der Waals surface area contributed by atoms with E-state index in [1.807, 2.05) is 24.8 Å². The normalized spacial score (nSPS) is 10.9. The summed E-state index contributed by atoms with van der Waals surface area (Å²) >= 11 is 1.87. The van der Waals surface area contributed by atoms with E-state index in [9.17, 15) is 0 Å². The summed E-state index contributed by atoms with van der Waals surface area (Å²) < 4.78 is 5.18. The lowest BCUT2D eigenvalue weighted by molar-refractivity contribution is 0.527. The predicted molar refractivity (Wildman–Crippen MR) is 49.0 cm³/mol. The van der Waals surface area contributed by atoms with Crippen LogP contribution >= 0.6 is 11.8 Å². The van der Waals surface area contributed by atoms with E-state index >= 15 is 0 Å². The molecule has 1 rings (SSSR count). The van der Waals surface area contributed by atoms with Gasteiger partial charge in [0, 0.05) is 10.6 Å². The number of aryl methyl sites for hydroxylation is 1. The Kier molecular flexibility index (Phi) is 3.06. The fraction of sp³-hybridized carbons (Fsp3) is 0.556. The summed E-state index contributed by atoms with van der Waals surface area (Å²) in [5, 5.41) is 0. The Balaban J connectivity index is 2.44. The number of hydrogen-bond donors (Lipinski definition) is 0. The third-order valence-electron chi connectivity index (χ3n) is 1.38. The highest BCUT2D eigenvalue weighted by atomic mass is 32.2. The van der Waals surface area contributed by atoms with E-state index < -0.39 is 0 Å². The first kappa shape index (κ1) is 8.72. The maximum absolute atomic E-state index is 5.18. The van der Waals surface area contributed by atoms with Crippen molar-refractivity contribution < 1.29 is 4.42 Å². The summed E-state index contributed by atoms with van der Waals surface area (Å²) in [7, 11) is 0. The summed E-state index contributed by atoms with van der Waals surface area (Å²) in [5.74, 6) is 2.95. The van der Waals surface area contributed by atoms with Gasteiger partial charge in [0.2, 0.25) is 0 Å². The molecule has 0 atom stereocenters. The van der Waals surface area contributed by atoms with Crippen LogP contribution in [0.2, 0.25) is 0 Å². The van der Waals surface area contributed by atoms with Crippen LogP contribution in [0.4, 0.5) is 0 Å². The van der Waals surface area contributed by atoms with Gasteiger partial charge in [-0.15, -0.1) is 11.8 Å². The molecule has 0 radical (unpaired) electrons. The van der Waals surface area contributed by atoms with Gasteiger partial charge in [0.25, 0.3) is 0 Å². The molecule has 0 aliphatic rings. The van der Waals surface area contributed by atoms with Crippen molar-refractivity contribution in [3.63, 3.8) is 0 Å². The SMILES string of the molecule is Cc1occc1SCC(C)C. The Morgan fingerprint density at radius 2 is 2.27 bits per heavy atom. The van der Waals surface area contributed by atoms with E-state index in [1.54, 1.807) is 6.26 Å². The number of rotatable bonds is 3. The van der Waals surface area contributed by atoms with Crippen LogP contribution in [0.3, 0.4) is 0 Å². The highest BCUT2D eigenvalue weighted by Crippen LogP contribution is 2.24. The fourth-order valence-corrected chi connectivity index (χ4v) is 1.70. The molecule has 0 saturated carbocycles. The van der Waals surface area contributed by atoms with Crippen molar-refractivity contribution in [1.29, 1.82) is 0 Å². The molecule has 1 aromatic rings. The van der Waals surface area contributed by atoms with E-state index in [0.717, 1.165) is 11.7 Å². The second kappa shape index (κ2) is 3.86. The molecule has 0 N–H and O–H groups in total. The lowest BCUT2D eigenvalue weighted by atomic mass is 10.3. The molecule has 0 spiro atoms. The summed E-state index contributed by atoms with van der Waals surface area (Å²) in [6.07, 6.45) is 1.75. The van der Waals surface area contributed by atoms with Crippen molar-refractivity contribution in [3.8, 4) is 0 Å². The summed E-state index contributed by atoms with van der Waals surface area (Å²) in [6, 6.07) is 2.03. The molecule has 0 aromatic carbocycles. The third kappa shape index (κ3) is 2.62. The molecule has 0 aliphatic carbocycles. The Hall–Kier alpha value is -0.370. The van der Waals surface area contributed by atoms with Crippen LogP contribution in [-0.2, 0) is 0 Å². The molecule has 0 fully saturated rings. The number of thioether (sulfide) groups is 1. The first-order valence-electron chi connectivity index (χ1n) is 3.87. The van der Waals surface area contributed by atoms with Gasteiger partial charge >= 0.3 is 0 Å². The first-order chi connectivity index (χ1) is 5.20. The molecule has 1 heterocycles. The number of hydrogen-bond acceptors (Lipinski definition) is 2. The summed E-state index contributed by atoms with van der Waals surface area (Å²) in [5.41, 5.74) is 0. The van der Waals surface area contributed by atoms with Gasteiger partial charge in [0.1, 0.15) is 5.76 Å². The van der Waals surface area contributed by atoms with Gasteiger partial charge < -0.3 is 4.42 Å². The molecule has 0 amide bonds. The van der Waals surface area contributed by atoms with E-state index in [2.05, 4.69) is 13.8 Å². The van der Waals surface area contributed by atoms with Crippen molar-refractivity contribution in [2.75, 3.05) is 5.75 Å². The van der Waals surface area contributed by atoms with Crippen molar-refractivity contribution in [3.05, 3.63) is 18.1 Å². The lowest BCUT2D eigenvalue weighted by Crippen LogP contribution is -1.89. The maximum Gasteiger partial charge on any atom is 0.114 e. The number of furan rings is 1. The van der Waals surface area contributed by atoms with Crippen molar-refractivity contribution in [2.24, 2.45) is 5.92 Å². The van der Waals surface area contributed by atoms with Crippen LogP contribution < -0.4 is 0 Å². The molecular formula is C9H14OS. The van der Waals surface area contributed by atoms with Gasteiger partial charge in [-0.25, -0.2) is 0 Å². The van der Waals surface area contributed by atoms with Gasteiger partial charge in [0.15, 0.2) is 0 Å². The van der Waals surface area contributed by atoms with E-state index in [0.29, 0.717) is 0 Å². The fourth-order valence-electron chi connectivity index (χ4n) is 0.780. The highest BCUT2D eigenvalue weighted by Gasteiger charge is 2.02. The van der Waals surface area contributed by atoms with E-state index in [4.69, 9.17) is 4.42 Å². The van der Waals surface area contributed by atoms with Crippen molar-refractivity contribution in [2.45, 2.75) is 25.7 Å². The Bertz CT molecular complexity index is 215. The zero-order chi connectivity index (χ0) is 8.27. The van der Waals surface area contributed by atoms with Crippen LogP contribution in [0.25, 0.3) is 0 Å². The van der Waals surface area contributed by atoms with Crippen molar-refractivity contribution in [1.82, 2.24) is 0 Å². The van der Waals surface area contributed by atoms with Crippen molar-refractivity contribution >= 4 is 11.8 Å². The van der Waals surface area contributed by atoms with Crippen LogP contribution in [0, 0.1) is 12.8 Å². The van der Waals surface area contributed by atoms with Gasteiger partial charge in [-0.05, 0) is 18.9 Å². The Labute approximate surface area is 72.2 Å². The first-order valence-corrected chi connectivity index (χ1v) is 4.85. The molecule has 11 heavy (non-hydrogen) atoms. The Morgan fingerprint density at radius 3 is 2.73 bits per heavy atom. The molecule has 0 aliphatic heterocycles. The Morgan fingerprint density at radius 1 is 1.55 bits per heavy atom. The minimum atomic E-state index is 0.745. The average Bonchev–Trinajstić information content (AvgIpc) is 2.31. The molecular weight excluding hydrogens is 156 g/mol. The summed E-state index contributed by atoms with van der Waals surface area (Å²) in [4.78, 5) is 1.28. The standard InChI is InChI=1S/C9H14OS/c1-7(2)6-11-9-4-5-10-8(9)3/h4-5,7H,6H2,1-3H3. The zero-order valence-corrected chi connectivity index (χ0v) is 8.07. The third-order valence-corrected chi connectivity index (χ3v) is 2.95. The summed E-state index contributed by atoms with van der Waals surface area (Å²) in [6.45, 7) is 6.45. The van der Waals surface area contributed by atoms with E-state index in [-0.39, 0.29) is 0 Å². The van der Waals surface area contributed by atoms with Gasteiger partial charge in [0.05, 0.1) is 6.26 Å². The molecule has 2 heteroatoms. The minimum Gasteiger partial charge on any atom is -0.468 e. The van der Waals surface area contributed by atoms with Gasteiger partial charge in [-0.2, -0.15) is 0 Å². The molecule has 0 unspecified atom stereocenters. The maximum atomic E-state index is 5.18. The second-order valence-corrected chi connectivity index (χ2v) is 4.11. The second-order valence-electron chi connectivity index (χ2n) is 3.05. The topological polar surface area (TPSA) is 13.1 Å². The van der Waals surface area contributed by atoms with Crippen LogP contribution in [0.1, 0.15) is 19.6 Å².